The van der Waals surface area contributed by atoms with Gasteiger partial charge in [0.15, 0.2) is 5.78 Å². The van der Waals surface area contributed by atoms with Crippen LogP contribution in [-0.2, 0) is 0 Å². The molecule has 1 aromatic heterocycles. The number of nitrogens with one attached hydrogen (secondary N) is 1. The normalized spacial score (nSPS) is 13.9. The summed E-state index contributed by atoms with van der Waals surface area (Å²) in [5, 5.41) is 2.16. The highest BCUT2D eigenvalue weighted by Gasteiger charge is 2.31. The third kappa shape index (κ3) is 5.47. The SMILES string of the molecule is O=C(Nc1cccc(C(=O)C2CCN(C(=O)c3c(F)cc(F)cc3F)CC2)n1)c1c(F)cc(F)cc1F. The van der Waals surface area contributed by atoms with E-state index in [4.69, 9.17) is 0 Å². The van der Waals surface area contributed by atoms with Crippen LogP contribution in [0, 0.1) is 40.8 Å². The summed E-state index contributed by atoms with van der Waals surface area (Å²) >= 11 is 0. The number of likely N-dealkylation sites (tertiary alicyclic amines) is 1. The van der Waals surface area contributed by atoms with E-state index in [0.29, 0.717) is 24.3 Å². The van der Waals surface area contributed by atoms with Crippen LogP contribution in [0.4, 0.5) is 32.2 Å². The van der Waals surface area contributed by atoms with E-state index in [9.17, 15) is 40.7 Å². The Bertz CT molecular complexity index is 1360. The molecule has 2 heterocycles. The fourth-order valence-electron chi connectivity index (χ4n) is 4.04. The lowest BCUT2D eigenvalue weighted by molar-refractivity contribution is 0.0640. The molecule has 1 aliphatic rings. The van der Waals surface area contributed by atoms with Crippen molar-refractivity contribution in [3.63, 3.8) is 0 Å². The summed E-state index contributed by atoms with van der Waals surface area (Å²) in [4.78, 5) is 42.9. The highest BCUT2D eigenvalue weighted by Crippen LogP contribution is 2.25. The zero-order chi connectivity index (χ0) is 26.9. The highest BCUT2D eigenvalue weighted by atomic mass is 19.2. The molecule has 0 atom stereocenters. The van der Waals surface area contributed by atoms with E-state index in [1.807, 2.05) is 0 Å². The van der Waals surface area contributed by atoms with Crippen molar-refractivity contribution in [3.8, 4) is 0 Å². The summed E-state index contributed by atoms with van der Waals surface area (Å²) in [7, 11) is 0. The number of pyridine rings is 1. The molecule has 4 rings (SSSR count). The molecule has 1 saturated heterocycles. The van der Waals surface area contributed by atoms with Gasteiger partial charge in [0.2, 0.25) is 0 Å². The highest BCUT2D eigenvalue weighted by molar-refractivity contribution is 6.04. The lowest BCUT2D eigenvalue weighted by Gasteiger charge is -2.31. The van der Waals surface area contributed by atoms with Crippen molar-refractivity contribution in [3.05, 3.63) is 94.2 Å². The van der Waals surface area contributed by atoms with Crippen LogP contribution in [0.1, 0.15) is 44.0 Å². The van der Waals surface area contributed by atoms with Crippen LogP contribution in [-0.4, -0.2) is 40.6 Å². The largest absolute Gasteiger partial charge is 0.338 e. The minimum absolute atomic E-state index is 0.00889. The average molecular weight is 521 g/mol. The predicted octanol–water partition coefficient (Wildman–Crippen LogP) is 4.90. The van der Waals surface area contributed by atoms with Gasteiger partial charge >= 0.3 is 0 Å². The van der Waals surface area contributed by atoms with Gasteiger partial charge in [-0.2, -0.15) is 0 Å². The third-order valence-corrected chi connectivity index (χ3v) is 5.85. The molecular formula is C25H17F6N3O3. The van der Waals surface area contributed by atoms with Gasteiger partial charge in [-0.1, -0.05) is 6.07 Å². The van der Waals surface area contributed by atoms with Gasteiger partial charge in [0.25, 0.3) is 11.8 Å². The van der Waals surface area contributed by atoms with Gasteiger partial charge in [0, 0.05) is 43.3 Å². The quantitative estimate of drug-likeness (QED) is 0.383. The first kappa shape index (κ1) is 25.9. The average Bonchev–Trinajstić information content (AvgIpc) is 2.82. The van der Waals surface area contributed by atoms with Crippen LogP contribution < -0.4 is 5.32 Å². The van der Waals surface area contributed by atoms with Gasteiger partial charge in [-0.15, -0.1) is 0 Å². The first-order valence-corrected chi connectivity index (χ1v) is 11.0. The lowest BCUT2D eigenvalue weighted by atomic mass is 9.90. The van der Waals surface area contributed by atoms with Crippen LogP contribution in [0.25, 0.3) is 0 Å². The monoisotopic (exact) mass is 521 g/mol. The second-order valence-corrected chi connectivity index (χ2v) is 8.28. The van der Waals surface area contributed by atoms with E-state index in [0.717, 1.165) is 4.90 Å². The topological polar surface area (TPSA) is 79.4 Å². The number of amides is 2. The van der Waals surface area contributed by atoms with Crippen molar-refractivity contribution in [2.45, 2.75) is 12.8 Å². The number of anilines is 1. The van der Waals surface area contributed by atoms with Crippen LogP contribution >= 0.6 is 0 Å². The third-order valence-electron chi connectivity index (χ3n) is 5.85. The minimum Gasteiger partial charge on any atom is -0.338 e. The molecule has 0 bridgehead atoms. The van der Waals surface area contributed by atoms with Crippen LogP contribution in [0.15, 0.2) is 42.5 Å². The van der Waals surface area contributed by atoms with E-state index < -0.39 is 69.5 Å². The zero-order valence-electron chi connectivity index (χ0n) is 18.8. The van der Waals surface area contributed by atoms with Gasteiger partial charge in [-0.25, -0.2) is 31.3 Å². The first-order valence-electron chi connectivity index (χ1n) is 11.0. The number of aromatic nitrogens is 1. The number of rotatable bonds is 5. The predicted molar refractivity (Wildman–Crippen MR) is 118 cm³/mol. The number of Topliss-reactive ketones (excluding diaryl/α,β-unsaturated/α-hetero) is 1. The Morgan fingerprint density at radius 1 is 0.784 bits per heavy atom. The number of halogens is 6. The molecule has 192 valence electrons. The number of hydrogen-bond acceptors (Lipinski definition) is 4. The van der Waals surface area contributed by atoms with Gasteiger partial charge in [-0.05, 0) is 25.0 Å². The molecule has 6 nitrogen and oxygen atoms in total. The summed E-state index contributed by atoms with van der Waals surface area (Å²) in [6.07, 6.45) is 0.276. The number of ketones is 1. The van der Waals surface area contributed by atoms with Crippen molar-refractivity contribution in [1.82, 2.24) is 9.88 Å². The Labute approximate surface area is 205 Å². The first-order chi connectivity index (χ1) is 17.5. The Balaban J connectivity index is 1.42. The van der Waals surface area contributed by atoms with E-state index in [-0.39, 0.29) is 37.4 Å². The summed E-state index contributed by atoms with van der Waals surface area (Å²) in [6.45, 7) is -0.0178. The Morgan fingerprint density at radius 3 is 1.84 bits per heavy atom. The number of hydrogen-bond donors (Lipinski definition) is 1. The molecule has 0 saturated carbocycles. The van der Waals surface area contributed by atoms with Gasteiger partial charge < -0.3 is 10.2 Å². The number of piperidine rings is 1. The smallest absolute Gasteiger partial charge is 0.262 e. The van der Waals surface area contributed by atoms with E-state index >= 15 is 0 Å². The van der Waals surface area contributed by atoms with Gasteiger partial charge in [-0.3, -0.25) is 14.4 Å². The molecule has 12 heteroatoms. The Morgan fingerprint density at radius 2 is 1.30 bits per heavy atom. The molecule has 2 amide bonds. The lowest BCUT2D eigenvalue weighted by Crippen LogP contribution is -2.41. The van der Waals surface area contributed by atoms with Crippen molar-refractivity contribution in [2.75, 3.05) is 18.4 Å². The fraction of sp³-hybridized carbons (Fsp3) is 0.200. The summed E-state index contributed by atoms with van der Waals surface area (Å²) in [6, 6.07) is 5.53. The molecular weight excluding hydrogens is 504 g/mol. The second kappa shape index (κ2) is 10.4. The maximum Gasteiger partial charge on any atom is 0.262 e. The van der Waals surface area contributed by atoms with E-state index in [1.54, 1.807) is 0 Å². The van der Waals surface area contributed by atoms with Gasteiger partial charge in [0.1, 0.15) is 57.5 Å². The molecule has 3 aromatic rings. The standard InChI is InChI=1S/C25H17F6N3O3/c26-13-8-15(28)21(16(29)9-13)24(36)33-20-3-1-2-19(32-20)23(35)12-4-6-34(7-5-12)25(37)22-17(30)10-14(27)11-18(22)31/h1-3,8-12H,4-7H2,(H,32,33,36). The molecule has 1 fully saturated rings. The number of benzene rings is 2. The summed E-state index contributed by atoms with van der Waals surface area (Å²) in [5.41, 5.74) is -1.98. The summed E-state index contributed by atoms with van der Waals surface area (Å²) in [5.74, 6) is -11.3. The number of nitrogens with zero attached hydrogens (tertiary/aromatic N) is 2. The molecule has 1 N–H and O–H groups in total. The fourth-order valence-corrected chi connectivity index (χ4v) is 4.04. The molecule has 0 radical (unpaired) electrons. The second-order valence-electron chi connectivity index (χ2n) is 8.28. The Kier molecular flexibility index (Phi) is 7.28. The molecule has 0 spiro atoms. The molecule has 37 heavy (non-hydrogen) atoms. The molecule has 0 aliphatic carbocycles. The maximum absolute atomic E-state index is 14.0. The van der Waals surface area contributed by atoms with Crippen molar-refractivity contribution in [1.29, 1.82) is 0 Å². The van der Waals surface area contributed by atoms with Crippen LogP contribution in [0.5, 0.6) is 0 Å². The van der Waals surface area contributed by atoms with Crippen molar-refractivity contribution >= 4 is 23.4 Å². The van der Waals surface area contributed by atoms with Gasteiger partial charge in [0.05, 0.1) is 0 Å². The Hall–Kier alpha value is -4.22. The van der Waals surface area contributed by atoms with Crippen molar-refractivity contribution in [2.24, 2.45) is 5.92 Å². The number of carbonyl (C=O) groups is 3. The molecule has 0 unspecified atom stereocenters. The van der Waals surface area contributed by atoms with E-state index in [1.165, 1.54) is 18.2 Å². The number of carbonyl (C=O) groups excluding carboxylic acids is 3. The van der Waals surface area contributed by atoms with E-state index in [2.05, 4.69) is 10.3 Å². The van der Waals surface area contributed by atoms with Crippen LogP contribution in [0.2, 0.25) is 0 Å². The maximum atomic E-state index is 14.0. The molecule has 2 aromatic carbocycles. The zero-order valence-corrected chi connectivity index (χ0v) is 18.8. The van der Waals surface area contributed by atoms with Crippen molar-refractivity contribution < 1.29 is 40.7 Å². The summed E-state index contributed by atoms with van der Waals surface area (Å²) < 4.78 is 81.9. The van der Waals surface area contributed by atoms with Crippen LogP contribution in [0.3, 0.4) is 0 Å². The molecule has 1 aliphatic heterocycles. The minimum atomic E-state index is -1.41.